The first-order chi connectivity index (χ1) is 8.20. The van der Waals surface area contributed by atoms with Gasteiger partial charge in [0, 0.05) is 14.3 Å². The zero-order chi connectivity index (χ0) is 12.3. The fourth-order valence-corrected chi connectivity index (χ4v) is 2.79. The molecule has 0 atom stereocenters. The third-order valence-corrected chi connectivity index (χ3v) is 4.12. The van der Waals surface area contributed by atoms with E-state index in [1.54, 1.807) is 11.8 Å². The van der Waals surface area contributed by atoms with Crippen molar-refractivity contribution < 1.29 is 0 Å². The maximum atomic E-state index is 9.11. The zero-order valence-corrected chi connectivity index (χ0v) is 11.7. The van der Waals surface area contributed by atoms with Crippen LogP contribution in [0.2, 0.25) is 0 Å². The minimum Gasteiger partial charge on any atom is -0.192 e. The standard InChI is InChI=1S/C14H10BrNS/c1-10-4-2-3-5-13(10)17-14-7-6-12(15)8-11(14)9-16/h2-8H,1H3. The minimum atomic E-state index is 0.702. The fraction of sp³-hybridized carbons (Fsp3) is 0.0714. The van der Waals surface area contributed by atoms with Crippen LogP contribution in [-0.4, -0.2) is 0 Å². The molecule has 0 fully saturated rings. The average molecular weight is 304 g/mol. The molecule has 2 rings (SSSR count). The van der Waals surface area contributed by atoms with E-state index in [1.807, 2.05) is 30.3 Å². The lowest BCUT2D eigenvalue weighted by molar-refractivity contribution is 1.28. The molecule has 2 aromatic rings. The van der Waals surface area contributed by atoms with Crippen LogP contribution >= 0.6 is 27.7 Å². The van der Waals surface area contributed by atoms with Crippen LogP contribution in [0, 0.1) is 18.3 Å². The van der Waals surface area contributed by atoms with Crippen molar-refractivity contribution in [3.8, 4) is 6.07 Å². The quantitative estimate of drug-likeness (QED) is 0.797. The Balaban J connectivity index is 2.37. The van der Waals surface area contributed by atoms with Crippen LogP contribution in [0.15, 0.2) is 56.7 Å². The SMILES string of the molecule is Cc1ccccc1Sc1ccc(Br)cc1C#N. The van der Waals surface area contributed by atoms with E-state index in [-0.39, 0.29) is 0 Å². The van der Waals surface area contributed by atoms with E-state index in [1.165, 1.54) is 10.5 Å². The highest BCUT2D eigenvalue weighted by molar-refractivity contribution is 9.10. The summed E-state index contributed by atoms with van der Waals surface area (Å²) >= 11 is 5.01. The monoisotopic (exact) mass is 303 g/mol. The first kappa shape index (κ1) is 12.2. The molecule has 0 bridgehead atoms. The van der Waals surface area contributed by atoms with Crippen molar-refractivity contribution in [2.24, 2.45) is 0 Å². The number of benzene rings is 2. The Morgan fingerprint density at radius 3 is 2.59 bits per heavy atom. The summed E-state index contributed by atoms with van der Waals surface area (Å²) in [5, 5.41) is 9.11. The number of rotatable bonds is 2. The summed E-state index contributed by atoms with van der Waals surface area (Å²) in [7, 11) is 0. The molecule has 0 aliphatic rings. The summed E-state index contributed by atoms with van der Waals surface area (Å²) in [6.45, 7) is 2.08. The van der Waals surface area contributed by atoms with E-state index in [9.17, 15) is 0 Å². The Morgan fingerprint density at radius 2 is 1.88 bits per heavy atom. The van der Waals surface area contributed by atoms with Gasteiger partial charge in [-0.05, 0) is 36.8 Å². The van der Waals surface area contributed by atoms with Crippen LogP contribution in [0.25, 0.3) is 0 Å². The van der Waals surface area contributed by atoms with Crippen molar-refractivity contribution >= 4 is 27.7 Å². The van der Waals surface area contributed by atoms with Gasteiger partial charge in [-0.3, -0.25) is 0 Å². The van der Waals surface area contributed by atoms with Gasteiger partial charge in [-0.25, -0.2) is 0 Å². The number of nitrogens with zero attached hydrogens (tertiary/aromatic N) is 1. The molecule has 1 nitrogen and oxygen atoms in total. The van der Waals surface area contributed by atoms with Gasteiger partial charge in [-0.15, -0.1) is 0 Å². The van der Waals surface area contributed by atoms with Crippen molar-refractivity contribution in [3.05, 3.63) is 58.1 Å². The molecule has 0 heterocycles. The van der Waals surface area contributed by atoms with E-state index in [0.29, 0.717) is 5.56 Å². The molecule has 0 spiro atoms. The molecule has 84 valence electrons. The Kier molecular flexibility index (Phi) is 3.88. The first-order valence-electron chi connectivity index (χ1n) is 5.14. The number of aryl methyl sites for hydroxylation is 1. The van der Waals surface area contributed by atoms with Gasteiger partial charge in [-0.1, -0.05) is 45.9 Å². The Morgan fingerprint density at radius 1 is 1.12 bits per heavy atom. The molecular weight excluding hydrogens is 294 g/mol. The summed E-state index contributed by atoms with van der Waals surface area (Å²) in [4.78, 5) is 2.18. The van der Waals surface area contributed by atoms with Crippen molar-refractivity contribution in [2.45, 2.75) is 16.7 Å². The first-order valence-corrected chi connectivity index (χ1v) is 6.75. The second-order valence-electron chi connectivity index (χ2n) is 3.62. The van der Waals surface area contributed by atoms with E-state index >= 15 is 0 Å². The van der Waals surface area contributed by atoms with Crippen LogP contribution in [0.4, 0.5) is 0 Å². The molecule has 0 unspecified atom stereocenters. The van der Waals surface area contributed by atoms with E-state index in [0.717, 1.165) is 9.37 Å². The third kappa shape index (κ3) is 2.91. The highest BCUT2D eigenvalue weighted by Gasteiger charge is 2.06. The molecule has 0 aromatic heterocycles. The third-order valence-electron chi connectivity index (χ3n) is 2.38. The smallest absolute Gasteiger partial charge is 0.100 e. The molecule has 0 amide bonds. The number of halogens is 1. The molecule has 0 saturated heterocycles. The highest BCUT2D eigenvalue weighted by atomic mass is 79.9. The Hall–Kier alpha value is -1.24. The van der Waals surface area contributed by atoms with Gasteiger partial charge >= 0.3 is 0 Å². The van der Waals surface area contributed by atoms with Crippen LogP contribution < -0.4 is 0 Å². The van der Waals surface area contributed by atoms with Crippen molar-refractivity contribution in [1.29, 1.82) is 5.26 Å². The molecular formula is C14H10BrNS. The predicted octanol–water partition coefficient (Wildman–Crippen LogP) is 4.78. The molecule has 17 heavy (non-hydrogen) atoms. The van der Waals surface area contributed by atoms with Gasteiger partial charge < -0.3 is 0 Å². The normalized spacial score (nSPS) is 9.94. The van der Waals surface area contributed by atoms with Gasteiger partial charge in [0.1, 0.15) is 6.07 Å². The summed E-state index contributed by atoms with van der Waals surface area (Å²) in [6.07, 6.45) is 0. The lowest BCUT2D eigenvalue weighted by atomic mass is 10.2. The fourth-order valence-electron chi connectivity index (χ4n) is 1.47. The summed E-state index contributed by atoms with van der Waals surface area (Å²) < 4.78 is 0.934. The van der Waals surface area contributed by atoms with Gasteiger partial charge in [0.2, 0.25) is 0 Å². The Bertz CT molecular complexity index is 587. The van der Waals surface area contributed by atoms with Crippen LogP contribution in [0.5, 0.6) is 0 Å². The molecule has 0 N–H and O–H groups in total. The second-order valence-corrected chi connectivity index (χ2v) is 5.62. The average Bonchev–Trinajstić information content (AvgIpc) is 2.34. The van der Waals surface area contributed by atoms with E-state index in [4.69, 9.17) is 5.26 Å². The topological polar surface area (TPSA) is 23.8 Å². The lowest BCUT2D eigenvalue weighted by Crippen LogP contribution is -1.83. The van der Waals surface area contributed by atoms with Gasteiger partial charge in [0.05, 0.1) is 5.56 Å². The van der Waals surface area contributed by atoms with Crippen LogP contribution in [0.3, 0.4) is 0 Å². The van der Waals surface area contributed by atoms with Crippen LogP contribution in [0.1, 0.15) is 11.1 Å². The maximum Gasteiger partial charge on any atom is 0.100 e. The van der Waals surface area contributed by atoms with Gasteiger partial charge in [0.25, 0.3) is 0 Å². The molecule has 0 aliphatic carbocycles. The highest BCUT2D eigenvalue weighted by Crippen LogP contribution is 2.33. The number of nitriles is 1. The molecule has 3 heteroatoms. The maximum absolute atomic E-state index is 9.11. The largest absolute Gasteiger partial charge is 0.192 e. The van der Waals surface area contributed by atoms with Gasteiger partial charge in [-0.2, -0.15) is 5.26 Å². The zero-order valence-electron chi connectivity index (χ0n) is 9.27. The number of hydrogen-bond donors (Lipinski definition) is 0. The van der Waals surface area contributed by atoms with Crippen molar-refractivity contribution in [2.75, 3.05) is 0 Å². The number of hydrogen-bond acceptors (Lipinski definition) is 2. The molecule has 0 radical (unpaired) electrons. The van der Waals surface area contributed by atoms with Crippen molar-refractivity contribution in [3.63, 3.8) is 0 Å². The van der Waals surface area contributed by atoms with Gasteiger partial charge in [0.15, 0.2) is 0 Å². The lowest BCUT2D eigenvalue weighted by Gasteiger charge is -2.06. The molecule has 2 aromatic carbocycles. The molecule has 0 aliphatic heterocycles. The minimum absolute atomic E-state index is 0.702. The molecule has 0 saturated carbocycles. The second kappa shape index (κ2) is 5.39. The Labute approximate surface area is 114 Å². The van der Waals surface area contributed by atoms with E-state index in [2.05, 4.69) is 41.1 Å². The summed E-state index contributed by atoms with van der Waals surface area (Å²) in [6, 6.07) is 16.2. The van der Waals surface area contributed by atoms with E-state index < -0.39 is 0 Å². The van der Waals surface area contributed by atoms with Crippen molar-refractivity contribution in [1.82, 2.24) is 0 Å². The predicted molar refractivity (Wildman–Crippen MR) is 74.2 cm³/mol. The van der Waals surface area contributed by atoms with Crippen LogP contribution in [-0.2, 0) is 0 Å². The summed E-state index contributed by atoms with van der Waals surface area (Å²) in [5.41, 5.74) is 1.93. The summed E-state index contributed by atoms with van der Waals surface area (Å²) in [5.74, 6) is 0.